The van der Waals surface area contributed by atoms with E-state index in [1.54, 1.807) is 18.4 Å². The van der Waals surface area contributed by atoms with Gasteiger partial charge in [0.05, 0.1) is 12.2 Å². The third kappa shape index (κ3) is 6.56. The molecule has 0 bridgehead atoms. The Hall–Kier alpha value is -2.61. The Morgan fingerprint density at radius 1 is 1.15 bits per heavy atom. The summed E-state index contributed by atoms with van der Waals surface area (Å²) in [5.41, 5.74) is 1.51. The van der Waals surface area contributed by atoms with Crippen molar-refractivity contribution >= 4 is 22.8 Å². The van der Waals surface area contributed by atoms with Gasteiger partial charge in [-0.15, -0.1) is 11.8 Å². The highest BCUT2D eigenvalue weighted by atomic mass is 32.2. The molecular weight excluding hydrogens is 376 g/mol. The zero-order chi connectivity index (χ0) is 19.6. The largest absolute Gasteiger partial charge is 0.485 e. The molecule has 0 atom stereocenters. The topological polar surface area (TPSA) is 57.1 Å². The van der Waals surface area contributed by atoms with Crippen LogP contribution in [0.5, 0.6) is 11.5 Å². The highest BCUT2D eigenvalue weighted by Gasteiger charge is 2.14. The Bertz CT molecular complexity index is 785. The molecule has 0 spiro atoms. The number of thioether (sulfide) groups is 1. The van der Waals surface area contributed by atoms with Crippen molar-refractivity contribution in [1.29, 1.82) is 0 Å². The van der Waals surface area contributed by atoms with Crippen LogP contribution in [0.4, 0.5) is 8.78 Å². The van der Waals surface area contributed by atoms with E-state index in [9.17, 15) is 13.6 Å². The molecule has 8 heteroatoms. The summed E-state index contributed by atoms with van der Waals surface area (Å²) >= 11 is 1.32. The van der Waals surface area contributed by atoms with Gasteiger partial charge in [-0.3, -0.25) is 9.79 Å². The summed E-state index contributed by atoms with van der Waals surface area (Å²) in [6, 6.07) is 13.9. The van der Waals surface area contributed by atoms with Crippen LogP contribution in [0.15, 0.2) is 53.5 Å². The van der Waals surface area contributed by atoms with Crippen molar-refractivity contribution < 1.29 is 27.8 Å². The monoisotopic (exact) mass is 395 g/mol. The number of hydrogen-bond donors (Lipinski definition) is 0. The standard InChI is InChI=1S/C19H19F2NO4S/c1-24-17(23)11-22-18(27-2)14-8-9-15(26-19(20)21)16(10-14)25-12-13-6-4-3-5-7-13/h3-10,19H,11-12H2,1-2H3. The van der Waals surface area contributed by atoms with E-state index in [0.717, 1.165) is 5.56 Å². The van der Waals surface area contributed by atoms with Gasteiger partial charge in [-0.25, -0.2) is 0 Å². The summed E-state index contributed by atoms with van der Waals surface area (Å²) < 4.78 is 40.2. The SMILES string of the molecule is COC(=O)CN=C(SC)c1ccc(OC(F)F)c(OCc2ccccc2)c1. The number of ether oxygens (including phenoxy) is 3. The fourth-order valence-corrected chi connectivity index (χ4v) is 2.71. The quantitative estimate of drug-likeness (QED) is 0.382. The molecule has 2 rings (SSSR count). The fraction of sp³-hybridized carbons (Fsp3) is 0.263. The van der Waals surface area contributed by atoms with Crippen LogP contribution in [-0.4, -0.2) is 37.5 Å². The van der Waals surface area contributed by atoms with E-state index in [1.165, 1.54) is 24.9 Å². The lowest BCUT2D eigenvalue weighted by atomic mass is 10.2. The van der Waals surface area contributed by atoms with E-state index in [1.807, 2.05) is 30.3 Å². The third-order valence-electron chi connectivity index (χ3n) is 3.42. The van der Waals surface area contributed by atoms with Crippen molar-refractivity contribution in [2.45, 2.75) is 13.2 Å². The highest BCUT2D eigenvalue weighted by Crippen LogP contribution is 2.31. The number of methoxy groups -OCH3 is 1. The van der Waals surface area contributed by atoms with E-state index >= 15 is 0 Å². The van der Waals surface area contributed by atoms with Crippen molar-refractivity contribution in [3.63, 3.8) is 0 Å². The molecule has 0 saturated carbocycles. The number of esters is 1. The lowest BCUT2D eigenvalue weighted by molar-refractivity contribution is -0.138. The van der Waals surface area contributed by atoms with Gasteiger partial charge in [0, 0.05) is 5.56 Å². The van der Waals surface area contributed by atoms with Gasteiger partial charge < -0.3 is 14.2 Å². The van der Waals surface area contributed by atoms with E-state index in [2.05, 4.69) is 14.5 Å². The van der Waals surface area contributed by atoms with Gasteiger partial charge in [0.1, 0.15) is 13.2 Å². The normalized spacial score (nSPS) is 11.4. The molecule has 2 aromatic rings. The average molecular weight is 395 g/mol. The summed E-state index contributed by atoms with van der Waals surface area (Å²) in [5, 5.41) is 0.550. The molecule has 0 unspecified atom stereocenters. The number of carbonyl (C=O) groups excluding carboxylic acids is 1. The van der Waals surface area contributed by atoms with Crippen LogP contribution in [0.1, 0.15) is 11.1 Å². The molecule has 0 aliphatic heterocycles. The number of aliphatic imine (C=N–C) groups is 1. The molecule has 2 aromatic carbocycles. The molecule has 0 aromatic heterocycles. The number of alkyl halides is 2. The number of carbonyl (C=O) groups is 1. The van der Waals surface area contributed by atoms with Gasteiger partial charge in [-0.1, -0.05) is 30.3 Å². The smallest absolute Gasteiger partial charge is 0.387 e. The lowest BCUT2D eigenvalue weighted by Crippen LogP contribution is -2.08. The molecule has 0 amide bonds. The van der Waals surface area contributed by atoms with Gasteiger partial charge in [-0.2, -0.15) is 8.78 Å². The van der Waals surface area contributed by atoms with Crippen molar-refractivity contribution in [2.24, 2.45) is 4.99 Å². The highest BCUT2D eigenvalue weighted by molar-refractivity contribution is 8.13. The minimum atomic E-state index is -2.97. The second-order valence-electron chi connectivity index (χ2n) is 5.22. The van der Waals surface area contributed by atoms with Crippen LogP contribution in [-0.2, 0) is 16.1 Å². The van der Waals surface area contributed by atoms with Crippen LogP contribution < -0.4 is 9.47 Å². The molecule has 0 radical (unpaired) electrons. The first-order chi connectivity index (χ1) is 13.0. The molecular formula is C19H19F2NO4S. The Balaban J connectivity index is 2.27. The molecule has 144 valence electrons. The number of benzene rings is 2. The van der Waals surface area contributed by atoms with Crippen LogP contribution in [0.2, 0.25) is 0 Å². The maximum atomic E-state index is 12.7. The van der Waals surface area contributed by atoms with Gasteiger partial charge in [0.2, 0.25) is 0 Å². The van der Waals surface area contributed by atoms with Gasteiger partial charge >= 0.3 is 12.6 Å². The Morgan fingerprint density at radius 2 is 1.89 bits per heavy atom. The number of halogens is 2. The molecule has 0 saturated heterocycles. The van der Waals surface area contributed by atoms with Crippen LogP contribution in [0.25, 0.3) is 0 Å². The molecule has 0 fully saturated rings. The van der Waals surface area contributed by atoms with Crippen LogP contribution in [0, 0.1) is 0 Å². The molecule has 0 heterocycles. The first-order valence-corrected chi connectivity index (χ1v) is 9.17. The number of hydrogen-bond acceptors (Lipinski definition) is 6. The minimum absolute atomic E-state index is 0.0712. The van der Waals surface area contributed by atoms with Gasteiger partial charge in [0.25, 0.3) is 0 Å². The molecule has 0 N–H and O–H groups in total. The Labute approximate surface area is 160 Å². The third-order valence-corrected chi connectivity index (χ3v) is 4.17. The molecule has 27 heavy (non-hydrogen) atoms. The number of rotatable bonds is 8. The molecule has 5 nitrogen and oxygen atoms in total. The summed E-state index contributed by atoms with van der Waals surface area (Å²) in [7, 11) is 1.28. The van der Waals surface area contributed by atoms with Crippen molar-refractivity contribution in [3.8, 4) is 11.5 Å². The van der Waals surface area contributed by atoms with Crippen molar-refractivity contribution in [1.82, 2.24) is 0 Å². The number of nitrogens with zero attached hydrogens (tertiary/aromatic N) is 1. The van der Waals surface area contributed by atoms with Crippen molar-refractivity contribution in [3.05, 3.63) is 59.7 Å². The zero-order valence-electron chi connectivity index (χ0n) is 14.9. The van der Waals surface area contributed by atoms with Crippen LogP contribution in [0.3, 0.4) is 0 Å². The van der Waals surface area contributed by atoms with E-state index < -0.39 is 12.6 Å². The first kappa shape index (κ1) is 20.7. The summed E-state index contributed by atoms with van der Waals surface area (Å²) in [4.78, 5) is 15.5. The first-order valence-electron chi connectivity index (χ1n) is 7.94. The predicted molar refractivity (Wildman–Crippen MR) is 101 cm³/mol. The fourth-order valence-electron chi connectivity index (χ4n) is 2.16. The van der Waals surface area contributed by atoms with Gasteiger partial charge in [0.15, 0.2) is 11.5 Å². The average Bonchev–Trinajstić information content (AvgIpc) is 2.68. The molecule has 0 aliphatic carbocycles. The summed E-state index contributed by atoms with van der Waals surface area (Å²) in [6.07, 6.45) is 1.80. The summed E-state index contributed by atoms with van der Waals surface area (Å²) in [5.74, 6) is -0.380. The predicted octanol–water partition coefficient (Wildman–Crippen LogP) is 4.15. The van der Waals surface area contributed by atoms with Gasteiger partial charge in [-0.05, 0) is 30.0 Å². The lowest BCUT2D eigenvalue weighted by Gasteiger charge is -2.14. The second kappa shape index (κ2) is 10.5. The molecule has 0 aliphatic rings. The second-order valence-corrected chi connectivity index (χ2v) is 6.01. The summed E-state index contributed by atoms with van der Waals surface area (Å²) in [6.45, 7) is -2.91. The Morgan fingerprint density at radius 3 is 2.52 bits per heavy atom. The van der Waals surface area contributed by atoms with Crippen LogP contribution >= 0.6 is 11.8 Å². The minimum Gasteiger partial charge on any atom is -0.485 e. The van der Waals surface area contributed by atoms with E-state index in [-0.39, 0.29) is 24.7 Å². The van der Waals surface area contributed by atoms with E-state index in [0.29, 0.717) is 10.6 Å². The zero-order valence-corrected chi connectivity index (χ0v) is 15.7. The maximum absolute atomic E-state index is 12.7. The van der Waals surface area contributed by atoms with E-state index in [4.69, 9.17) is 4.74 Å². The maximum Gasteiger partial charge on any atom is 0.387 e. The van der Waals surface area contributed by atoms with Crippen molar-refractivity contribution in [2.75, 3.05) is 19.9 Å². The Kier molecular flexibility index (Phi) is 8.06.